The molecule has 25 heavy (non-hydrogen) atoms. The van der Waals surface area contributed by atoms with E-state index < -0.39 is 0 Å². The van der Waals surface area contributed by atoms with E-state index in [-0.39, 0.29) is 11.2 Å². The van der Waals surface area contributed by atoms with Gasteiger partial charge in [0.2, 0.25) is 0 Å². The minimum absolute atomic E-state index is 0.291. The third-order valence-corrected chi connectivity index (χ3v) is 4.48. The quantitative estimate of drug-likeness (QED) is 0.720. The van der Waals surface area contributed by atoms with Crippen LogP contribution in [0.5, 0.6) is 0 Å². The Balaban J connectivity index is 2.05. The summed E-state index contributed by atoms with van der Waals surface area (Å²) in [6.45, 7) is 0.505. The van der Waals surface area contributed by atoms with Gasteiger partial charge in [0.15, 0.2) is 5.69 Å². The van der Waals surface area contributed by atoms with E-state index in [4.69, 9.17) is 0 Å². The number of benzene rings is 2. The number of rotatable bonds is 2. The van der Waals surface area contributed by atoms with Gasteiger partial charge in [-0.15, -0.1) is 0 Å². The second-order valence-corrected chi connectivity index (χ2v) is 6.09. The molecule has 6 heteroatoms. The molecular weight excluding hydrogens is 316 g/mol. The minimum atomic E-state index is -0.350. The fourth-order valence-electron chi connectivity index (χ4n) is 3.25. The summed E-state index contributed by atoms with van der Waals surface area (Å²) in [5.74, 6) is 0.614. The molecule has 0 saturated carbocycles. The van der Waals surface area contributed by atoms with Gasteiger partial charge in [-0.3, -0.25) is 9.36 Å². The van der Waals surface area contributed by atoms with Gasteiger partial charge in [-0.25, -0.2) is 9.36 Å². The van der Waals surface area contributed by atoms with Gasteiger partial charge in [-0.05, 0) is 24.3 Å². The standard InChI is InChI=1S/C19H18N4O2/c1-20-13-22(14-9-5-3-6-10-14)16-17(20)23(15-11-7-4-8-12-15)19(25)21(2)18(16)24/h3-12H,13H2,1-2H3. The zero-order valence-electron chi connectivity index (χ0n) is 14.1. The van der Waals surface area contributed by atoms with Gasteiger partial charge in [0.25, 0.3) is 5.56 Å². The van der Waals surface area contributed by atoms with Gasteiger partial charge < -0.3 is 9.80 Å². The highest BCUT2D eigenvalue weighted by Gasteiger charge is 2.33. The number of anilines is 3. The molecule has 1 aliphatic heterocycles. The lowest BCUT2D eigenvalue weighted by atomic mass is 10.2. The average Bonchev–Trinajstić information content (AvgIpc) is 2.99. The van der Waals surface area contributed by atoms with Gasteiger partial charge in [0.05, 0.1) is 12.4 Å². The van der Waals surface area contributed by atoms with Crippen molar-refractivity contribution in [3.05, 3.63) is 81.5 Å². The number of hydrogen-bond acceptors (Lipinski definition) is 4. The Morgan fingerprint density at radius 2 is 1.36 bits per heavy atom. The molecule has 0 aliphatic carbocycles. The van der Waals surface area contributed by atoms with E-state index in [9.17, 15) is 9.59 Å². The number of nitrogens with zero attached hydrogens (tertiary/aromatic N) is 4. The first-order valence-corrected chi connectivity index (χ1v) is 8.05. The zero-order valence-corrected chi connectivity index (χ0v) is 14.1. The molecule has 0 atom stereocenters. The predicted molar refractivity (Wildman–Crippen MR) is 99.1 cm³/mol. The molecule has 2 heterocycles. The summed E-state index contributed by atoms with van der Waals surface area (Å²) >= 11 is 0. The fourth-order valence-corrected chi connectivity index (χ4v) is 3.25. The second-order valence-electron chi connectivity index (χ2n) is 6.09. The van der Waals surface area contributed by atoms with Gasteiger partial charge >= 0.3 is 5.69 Å². The van der Waals surface area contributed by atoms with Crippen LogP contribution in [-0.4, -0.2) is 22.9 Å². The molecule has 1 aromatic heterocycles. The number of para-hydroxylation sites is 2. The maximum absolute atomic E-state index is 12.9. The Morgan fingerprint density at radius 3 is 1.96 bits per heavy atom. The average molecular weight is 334 g/mol. The van der Waals surface area contributed by atoms with Gasteiger partial charge in [0, 0.05) is 19.8 Å². The smallest absolute Gasteiger partial charge is 0.337 e. The lowest BCUT2D eigenvalue weighted by molar-refractivity contribution is 0.732. The van der Waals surface area contributed by atoms with Crippen LogP contribution in [0.2, 0.25) is 0 Å². The number of fused-ring (bicyclic) bond motifs is 1. The van der Waals surface area contributed by atoms with Crippen molar-refractivity contribution < 1.29 is 0 Å². The van der Waals surface area contributed by atoms with Crippen LogP contribution in [0.3, 0.4) is 0 Å². The van der Waals surface area contributed by atoms with Crippen molar-refractivity contribution in [3.8, 4) is 5.69 Å². The highest BCUT2D eigenvalue weighted by Crippen LogP contribution is 2.37. The molecule has 0 fully saturated rings. The highest BCUT2D eigenvalue weighted by molar-refractivity contribution is 5.80. The summed E-state index contributed by atoms with van der Waals surface area (Å²) in [6.07, 6.45) is 0. The molecule has 0 radical (unpaired) electrons. The highest BCUT2D eigenvalue weighted by atomic mass is 16.2. The molecule has 0 N–H and O–H groups in total. The monoisotopic (exact) mass is 334 g/mol. The van der Waals surface area contributed by atoms with E-state index in [0.717, 1.165) is 11.4 Å². The Kier molecular flexibility index (Phi) is 3.46. The van der Waals surface area contributed by atoms with Crippen molar-refractivity contribution in [2.24, 2.45) is 7.05 Å². The molecule has 4 rings (SSSR count). The van der Waals surface area contributed by atoms with Gasteiger partial charge in [-0.2, -0.15) is 0 Å². The van der Waals surface area contributed by atoms with E-state index in [0.29, 0.717) is 18.2 Å². The first kappa shape index (κ1) is 15.3. The van der Waals surface area contributed by atoms with Crippen LogP contribution in [0, 0.1) is 0 Å². The normalized spacial score (nSPS) is 13.2. The lowest BCUT2D eigenvalue weighted by Gasteiger charge is -2.18. The van der Waals surface area contributed by atoms with E-state index in [1.54, 1.807) is 4.57 Å². The first-order valence-electron chi connectivity index (χ1n) is 8.05. The molecular formula is C19H18N4O2. The number of hydrogen-bond donors (Lipinski definition) is 0. The van der Waals surface area contributed by atoms with Crippen LogP contribution >= 0.6 is 0 Å². The second kappa shape index (κ2) is 5.66. The fraction of sp³-hybridized carbons (Fsp3) is 0.158. The van der Waals surface area contributed by atoms with Crippen molar-refractivity contribution in [2.75, 3.05) is 23.5 Å². The summed E-state index contributed by atoms with van der Waals surface area (Å²) in [4.78, 5) is 29.6. The maximum atomic E-state index is 12.9. The maximum Gasteiger partial charge on any atom is 0.337 e. The molecule has 6 nitrogen and oxygen atoms in total. The van der Waals surface area contributed by atoms with Gasteiger partial charge in [0.1, 0.15) is 5.82 Å². The Morgan fingerprint density at radius 1 is 0.800 bits per heavy atom. The molecule has 1 aliphatic rings. The third kappa shape index (κ3) is 2.26. The lowest BCUT2D eigenvalue weighted by Crippen LogP contribution is -2.39. The Bertz CT molecular complexity index is 1040. The Hall–Kier alpha value is -3.28. The van der Waals surface area contributed by atoms with Crippen LogP contribution in [0.4, 0.5) is 17.2 Å². The van der Waals surface area contributed by atoms with Crippen molar-refractivity contribution in [1.29, 1.82) is 0 Å². The molecule has 0 spiro atoms. The van der Waals surface area contributed by atoms with E-state index in [1.807, 2.05) is 77.5 Å². The van der Waals surface area contributed by atoms with E-state index in [1.165, 1.54) is 11.6 Å². The predicted octanol–water partition coefficient (Wildman–Crippen LogP) is 2.08. The summed E-state index contributed by atoms with van der Waals surface area (Å²) in [5.41, 5.74) is 1.53. The van der Waals surface area contributed by atoms with Crippen LogP contribution in [0.1, 0.15) is 0 Å². The molecule has 2 aromatic carbocycles. The summed E-state index contributed by atoms with van der Waals surface area (Å²) in [5, 5.41) is 0. The Labute approximate surface area is 144 Å². The van der Waals surface area contributed by atoms with Crippen LogP contribution in [0.15, 0.2) is 70.3 Å². The SMILES string of the molecule is CN1CN(c2ccccc2)c2c1n(-c1ccccc1)c(=O)n(C)c2=O. The van der Waals surface area contributed by atoms with Gasteiger partial charge in [-0.1, -0.05) is 36.4 Å². The first-order chi connectivity index (χ1) is 12.1. The molecule has 0 saturated heterocycles. The third-order valence-electron chi connectivity index (χ3n) is 4.48. The van der Waals surface area contributed by atoms with E-state index in [2.05, 4.69) is 0 Å². The van der Waals surface area contributed by atoms with Crippen molar-refractivity contribution >= 4 is 17.2 Å². The molecule has 0 bridgehead atoms. The van der Waals surface area contributed by atoms with Crippen LogP contribution < -0.4 is 21.0 Å². The minimum Gasteiger partial charge on any atom is -0.341 e. The summed E-state index contributed by atoms with van der Waals surface area (Å²) < 4.78 is 2.76. The summed E-state index contributed by atoms with van der Waals surface area (Å²) in [7, 11) is 3.41. The number of aromatic nitrogens is 2. The molecule has 3 aromatic rings. The molecule has 0 amide bonds. The van der Waals surface area contributed by atoms with Crippen molar-refractivity contribution in [1.82, 2.24) is 9.13 Å². The van der Waals surface area contributed by atoms with E-state index >= 15 is 0 Å². The van der Waals surface area contributed by atoms with Crippen LogP contribution in [-0.2, 0) is 7.05 Å². The van der Waals surface area contributed by atoms with Crippen molar-refractivity contribution in [3.63, 3.8) is 0 Å². The molecule has 126 valence electrons. The van der Waals surface area contributed by atoms with Crippen molar-refractivity contribution in [2.45, 2.75) is 0 Å². The van der Waals surface area contributed by atoms with Crippen LogP contribution in [0.25, 0.3) is 5.69 Å². The topological polar surface area (TPSA) is 50.5 Å². The largest absolute Gasteiger partial charge is 0.341 e. The molecule has 0 unspecified atom stereocenters. The zero-order chi connectivity index (χ0) is 17.6. The summed E-state index contributed by atoms with van der Waals surface area (Å²) in [6, 6.07) is 19.1.